The van der Waals surface area contributed by atoms with Crippen molar-refractivity contribution in [3.05, 3.63) is 28.2 Å². The maximum atomic E-state index is 11.4. The Balaban J connectivity index is 2.97. The van der Waals surface area contributed by atoms with Crippen molar-refractivity contribution in [3.63, 3.8) is 0 Å². The first kappa shape index (κ1) is 12.7. The quantitative estimate of drug-likeness (QED) is 0.897. The number of rotatable bonds is 3. The van der Waals surface area contributed by atoms with E-state index in [4.69, 9.17) is 5.11 Å². The predicted molar refractivity (Wildman–Crippen MR) is 64.6 cm³/mol. The molecule has 5 heteroatoms. The number of carboxylic acid groups (broad SMARTS) is 1. The highest BCUT2D eigenvalue weighted by atomic mass is 79.9. The van der Waals surface area contributed by atoms with Gasteiger partial charge in [0.05, 0.1) is 5.56 Å². The second kappa shape index (κ2) is 5.12. The summed E-state index contributed by atoms with van der Waals surface area (Å²) in [7, 11) is 0. The number of halogens is 1. The first-order valence-electron chi connectivity index (χ1n) is 4.75. The van der Waals surface area contributed by atoms with Crippen LogP contribution in [0, 0.1) is 5.92 Å². The summed E-state index contributed by atoms with van der Waals surface area (Å²) in [4.78, 5) is 22.2. The number of anilines is 1. The number of carboxylic acids is 1. The fourth-order valence-electron chi connectivity index (χ4n) is 1.07. The Morgan fingerprint density at radius 3 is 2.44 bits per heavy atom. The molecule has 0 atom stereocenters. The molecule has 0 spiro atoms. The Hall–Kier alpha value is -1.36. The van der Waals surface area contributed by atoms with Crippen LogP contribution in [0.4, 0.5) is 5.69 Å². The molecule has 4 nitrogen and oxygen atoms in total. The van der Waals surface area contributed by atoms with Gasteiger partial charge in [0.1, 0.15) is 0 Å². The maximum absolute atomic E-state index is 11.4. The summed E-state index contributed by atoms with van der Waals surface area (Å²) in [5, 5.41) is 11.5. The van der Waals surface area contributed by atoms with Gasteiger partial charge in [-0.3, -0.25) is 4.79 Å². The highest BCUT2D eigenvalue weighted by Gasteiger charge is 2.10. The van der Waals surface area contributed by atoms with Gasteiger partial charge in [0.15, 0.2) is 0 Å². The van der Waals surface area contributed by atoms with Gasteiger partial charge in [-0.1, -0.05) is 29.8 Å². The van der Waals surface area contributed by atoms with Gasteiger partial charge in [-0.25, -0.2) is 4.79 Å². The number of carbonyl (C=O) groups excluding carboxylic acids is 1. The van der Waals surface area contributed by atoms with Gasteiger partial charge in [-0.15, -0.1) is 0 Å². The normalized spacial score (nSPS) is 10.2. The standard InChI is InChI=1S/C11H12BrNO3/c1-6(2)10(14)13-9-4-7(11(15)16)3-8(12)5-9/h3-6H,1-2H3,(H,13,14)(H,15,16). The number of carbonyl (C=O) groups is 2. The number of aromatic carboxylic acids is 1. The highest BCUT2D eigenvalue weighted by Crippen LogP contribution is 2.20. The number of benzene rings is 1. The third-order valence-corrected chi connectivity index (χ3v) is 2.39. The summed E-state index contributed by atoms with van der Waals surface area (Å²) in [5.74, 6) is -1.32. The Morgan fingerprint density at radius 2 is 1.94 bits per heavy atom. The van der Waals surface area contributed by atoms with Gasteiger partial charge in [0.25, 0.3) is 0 Å². The topological polar surface area (TPSA) is 66.4 Å². The van der Waals surface area contributed by atoms with Crippen molar-refractivity contribution in [2.75, 3.05) is 5.32 Å². The minimum absolute atomic E-state index is 0.133. The lowest BCUT2D eigenvalue weighted by molar-refractivity contribution is -0.118. The van der Waals surface area contributed by atoms with E-state index < -0.39 is 5.97 Å². The lowest BCUT2D eigenvalue weighted by Gasteiger charge is -2.08. The second-order valence-corrected chi connectivity index (χ2v) is 4.59. The predicted octanol–water partition coefficient (Wildman–Crippen LogP) is 2.74. The molecule has 0 aliphatic rings. The van der Waals surface area contributed by atoms with E-state index in [-0.39, 0.29) is 17.4 Å². The first-order valence-corrected chi connectivity index (χ1v) is 5.54. The van der Waals surface area contributed by atoms with E-state index in [1.54, 1.807) is 19.9 Å². The Kier molecular flexibility index (Phi) is 4.06. The molecule has 0 heterocycles. The molecule has 1 aromatic rings. The zero-order valence-electron chi connectivity index (χ0n) is 8.95. The molecule has 0 aliphatic heterocycles. The molecule has 0 saturated carbocycles. The van der Waals surface area contributed by atoms with Gasteiger partial charge < -0.3 is 10.4 Å². The molecule has 86 valence electrons. The molecule has 1 aromatic carbocycles. The van der Waals surface area contributed by atoms with Crippen molar-refractivity contribution in [1.29, 1.82) is 0 Å². The second-order valence-electron chi connectivity index (χ2n) is 3.68. The highest BCUT2D eigenvalue weighted by molar-refractivity contribution is 9.10. The molecule has 2 N–H and O–H groups in total. The molecule has 16 heavy (non-hydrogen) atoms. The average molecular weight is 286 g/mol. The summed E-state index contributed by atoms with van der Waals surface area (Å²) in [6.45, 7) is 3.54. The minimum Gasteiger partial charge on any atom is -0.478 e. The molecular formula is C11H12BrNO3. The zero-order valence-corrected chi connectivity index (χ0v) is 10.5. The van der Waals surface area contributed by atoms with Crippen molar-refractivity contribution in [2.45, 2.75) is 13.8 Å². The Morgan fingerprint density at radius 1 is 1.31 bits per heavy atom. The third kappa shape index (κ3) is 3.34. The fourth-order valence-corrected chi connectivity index (χ4v) is 1.57. The van der Waals surface area contributed by atoms with Crippen LogP contribution in [0.15, 0.2) is 22.7 Å². The van der Waals surface area contributed by atoms with E-state index >= 15 is 0 Å². The molecular weight excluding hydrogens is 274 g/mol. The van der Waals surface area contributed by atoms with Crippen molar-refractivity contribution in [1.82, 2.24) is 0 Å². The van der Waals surface area contributed by atoms with Crippen LogP contribution in [-0.2, 0) is 4.79 Å². The van der Waals surface area contributed by atoms with Crippen LogP contribution in [0.3, 0.4) is 0 Å². The fraction of sp³-hybridized carbons (Fsp3) is 0.273. The lowest BCUT2D eigenvalue weighted by atomic mass is 10.1. The summed E-state index contributed by atoms with van der Waals surface area (Å²) < 4.78 is 0.617. The van der Waals surface area contributed by atoms with Gasteiger partial charge in [0.2, 0.25) is 5.91 Å². The molecule has 0 unspecified atom stereocenters. The number of amides is 1. The van der Waals surface area contributed by atoms with E-state index in [1.165, 1.54) is 12.1 Å². The monoisotopic (exact) mass is 285 g/mol. The molecule has 0 fully saturated rings. The van der Waals surface area contributed by atoms with Gasteiger partial charge in [-0.2, -0.15) is 0 Å². The van der Waals surface area contributed by atoms with E-state index in [9.17, 15) is 9.59 Å². The number of hydrogen-bond donors (Lipinski definition) is 2. The van der Waals surface area contributed by atoms with Crippen LogP contribution in [0.5, 0.6) is 0 Å². The average Bonchev–Trinajstić information content (AvgIpc) is 2.16. The summed E-state index contributed by atoms with van der Waals surface area (Å²) in [6.07, 6.45) is 0. The van der Waals surface area contributed by atoms with Crippen molar-refractivity contribution in [2.24, 2.45) is 5.92 Å². The smallest absolute Gasteiger partial charge is 0.335 e. The van der Waals surface area contributed by atoms with Crippen molar-refractivity contribution >= 4 is 33.5 Å². The van der Waals surface area contributed by atoms with E-state index in [1.807, 2.05) is 0 Å². The van der Waals surface area contributed by atoms with Gasteiger partial charge in [0, 0.05) is 16.1 Å². The summed E-state index contributed by atoms with van der Waals surface area (Å²) >= 11 is 3.19. The first-order chi connectivity index (χ1) is 7.40. The third-order valence-electron chi connectivity index (χ3n) is 1.94. The van der Waals surface area contributed by atoms with E-state index in [2.05, 4.69) is 21.2 Å². The molecule has 0 bridgehead atoms. The van der Waals surface area contributed by atoms with E-state index in [0.717, 1.165) is 0 Å². The largest absolute Gasteiger partial charge is 0.478 e. The molecule has 0 radical (unpaired) electrons. The Bertz CT molecular complexity index is 429. The lowest BCUT2D eigenvalue weighted by Crippen LogP contribution is -2.18. The summed E-state index contributed by atoms with van der Waals surface area (Å²) in [5.41, 5.74) is 0.610. The number of hydrogen-bond acceptors (Lipinski definition) is 2. The molecule has 0 aliphatic carbocycles. The number of nitrogens with one attached hydrogen (secondary N) is 1. The summed E-state index contributed by atoms with van der Waals surface area (Å²) in [6, 6.07) is 4.56. The SMILES string of the molecule is CC(C)C(=O)Nc1cc(Br)cc(C(=O)O)c1. The van der Waals surface area contributed by atoms with Crippen molar-refractivity contribution < 1.29 is 14.7 Å². The molecule has 1 rings (SSSR count). The van der Waals surface area contributed by atoms with Crippen LogP contribution in [-0.4, -0.2) is 17.0 Å². The minimum atomic E-state index is -1.03. The van der Waals surface area contributed by atoms with Crippen LogP contribution in [0.1, 0.15) is 24.2 Å². The van der Waals surface area contributed by atoms with Crippen LogP contribution >= 0.6 is 15.9 Å². The van der Waals surface area contributed by atoms with Crippen LogP contribution < -0.4 is 5.32 Å². The maximum Gasteiger partial charge on any atom is 0.335 e. The molecule has 1 amide bonds. The zero-order chi connectivity index (χ0) is 12.3. The van der Waals surface area contributed by atoms with Gasteiger partial charge >= 0.3 is 5.97 Å². The van der Waals surface area contributed by atoms with E-state index in [0.29, 0.717) is 10.2 Å². The van der Waals surface area contributed by atoms with Gasteiger partial charge in [-0.05, 0) is 18.2 Å². The van der Waals surface area contributed by atoms with Crippen molar-refractivity contribution in [3.8, 4) is 0 Å². The van der Waals surface area contributed by atoms with Crippen LogP contribution in [0.25, 0.3) is 0 Å². The Labute approximate surface area is 102 Å². The molecule has 0 saturated heterocycles. The molecule has 0 aromatic heterocycles. The van der Waals surface area contributed by atoms with Crippen LogP contribution in [0.2, 0.25) is 0 Å².